The molecule has 1 aliphatic rings. The number of rotatable bonds is 6. The van der Waals surface area contributed by atoms with Gasteiger partial charge in [0, 0.05) is 31.6 Å². The largest absolute Gasteiger partial charge is 0.376 e. The van der Waals surface area contributed by atoms with Crippen molar-refractivity contribution in [1.29, 1.82) is 0 Å². The van der Waals surface area contributed by atoms with Crippen LogP contribution in [0.3, 0.4) is 0 Å². The molecule has 0 radical (unpaired) electrons. The van der Waals surface area contributed by atoms with E-state index in [4.69, 9.17) is 10.5 Å². The Labute approximate surface area is 113 Å². The van der Waals surface area contributed by atoms with Crippen molar-refractivity contribution in [1.82, 2.24) is 9.55 Å². The van der Waals surface area contributed by atoms with Crippen molar-refractivity contribution in [3.05, 3.63) is 22.7 Å². The Balaban J connectivity index is 2.10. The van der Waals surface area contributed by atoms with Crippen LogP contribution in [0.5, 0.6) is 0 Å². The Bertz CT molecular complexity index is 472. The lowest BCUT2D eigenvalue weighted by Crippen LogP contribution is -2.61. The predicted molar refractivity (Wildman–Crippen MR) is 74.2 cm³/mol. The van der Waals surface area contributed by atoms with E-state index in [1.165, 1.54) is 0 Å². The van der Waals surface area contributed by atoms with Crippen molar-refractivity contribution < 1.29 is 4.74 Å². The molecule has 0 spiro atoms. The lowest BCUT2D eigenvalue weighted by molar-refractivity contribution is -0.0127. The number of aryl methyl sites for hydroxylation is 1. The Morgan fingerprint density at radius 3 is 3.00 bits per heavy atom. The lowest BCUT2D eigenvalue weighted by atomic mass is 9.83. The number of nitrogens with zero attached hydrogens (tertiary/aromatic N) is 2. The molecule has 106 valence electrons. The molecule has 6 nitrogen and oxygen atoms in total. The van der Waals surface area contributed by atoms with E-state index < -0.39 is 0 Å². The van der Waals surface area contributed by atoms with Crippen LogP contribution in [0.25, 0.3) is 0 Å². The average molecular weight is 266 g/mol. The summed E-state index contributed by atoms with van der Waals surface area (Å²) in [6.07, 6.45) is 5.15. The summed E-state index contributed by atoms with van der Waals surface area (Å²) in [7, 11) is 0. The molecule has 0 amide bonds. The maximum absolute atomic E-state index is 12.2. The molecule has 1 saturated carbocycles. The third-order valence-electron chi connectivity index (χ3n) is 3.43. The highest BCUT2D eigenvalue weighted by Gasteiger charge is 2.39. The van der Waals surface area contributed by atoms with Gasteiger partial charge in [0.1, 0.15) is 0 Å². The zero-order chi connectivity index (χ0) is 13.8. The molecule has 6 heteroatoms. The molecule has 1 aromatic heterocycles. The molecule has 0 aromatic carbocycles. The van der Waals surface area contributed by atoms with E-state index in [-0.39, 0.29) is 23.7 Å². The van der Waals surface area contributed by atoms with Gasteiger partial charge in [-0.15, -0.1) is 0 Å². The second-order valence-corrected chi connectivity index (χ2v) is 4.84. The standard InChI is InChI=1S/C13H22N4O2/c1-3-6-17-7-5-15-12(13(17)18)16-11-9(14)8-10(11)19-4-2/h5,7,9-11H,3-4,6,8,14H2,1-2H3,(H,15,16). The van der Waals surface area contributed by atoms with Crippen molar-refractivity contribution in [3.63, 3.8) is 0 Å². The highest BCUT2D eigenvalue weighted by atomic mass is 16.5. The monoisotopic (exact) mass is 266 g/mol. The van der Waals surface area contributed by atoms with Crippen LogP contribution in [-0.2, 0) is 11.3 Å². The van der Waals surface area contributed by atoms with E-state index in [2.05, 4.69) is 10.3 Å². The van der Waals surface area contributed by atoms with Crippen molar-refractivity contribution in [3.8, 4) is 0 Å². The lowest BCUT2D eigenvalue weighted by Gasteiger charge is -2.42. The van der Waals surface area contributed by atoms with E-state index in [1.807, 2.05) is 13.8 Å². The molecule has 1 aliphatic carbocycles. The van der Waals surface area contributed by atoms with Gasteiger partial charge in [0.25, 0.3) is 5.56 Å². The van der Waals surface area contributed by atoms with Gasteiger partial charge in [0.15, 0.2) is 5.82 Å². The minimum atomic E-state index is -0.0984. The van der Waals surface area contributed by atoms with E-state index in [0.29, 0.717) is 19.0 Å². The average Bonchev–Trinajstić information content (AvgIpc) is 2.40. The molecule has 2 rings (SSSR count). The molecule has 0 bridgehead atoms. The van der Waals surface area contributed by atoms with Gasteiger partial charge in [-0.2, -0.15) is 0 Å². The van der Waals surface area contributed by atoms with Gasteiger partial charge in [-0.1, -0.05) is 6.92 Å². The van der Waals surface area contributed by atoms with Crippen LogP contribution < -0.4 is 16.6 Å². The van der Waals surface area contributed by atoms with Gasteiger partial charge in [0.05, 0.1) is 12.1 Å². The number of nitrogens with one attached hydrogen (secondary N) is 1. The molecule has 19 heavy (non-hydrogen) atoms. The van der Waals surface area contributed by atoms with Gasteiger partial charge in [-0.3, -0.25) is 4.79 Å². The first kappa shape index (κ1) is 14.0. The van der Waals surface area contributed by atoms with E-state index in [1.54, 1.807) is 17.0 Å². The topological polar surface area (TPSA) is 82.2 Å². The Hall–Kier alpha value is -1.40. The van der Waals surface area contributed by atoms with Crippen molar-refractivity contribution >= 4 is 5.82 Å². The molecule has 3 atom stereocenters. The maximum atomic E-state index is 12.2. The van der Waals surface area contributed by atoms with Gasteiger partial charge in [0.2, 0.25) is 0 Å². The Kier molecular flexibility index (Phi) is 4.55. The second-order valence-electron chi connectivity index (χ2n) is 4.84. The van der Waals surface area contributed by atoms with Crippen LogP contribution in [0.15, 0.2) is 17.2 Å². The zero-order valence-electron chi connectivity index (χ0n) is 11.5. The molecule has 3 unspecified atom stereocenters. The van der Waals surface area contributed by atoms with Gasteiger partial charge < -0.3 is 20.4 Å². The summed E-state index contributed by atoms with van der Waals surface area (Å²) in [6.45, 7) is 5.34. The van der Waals surface area contributed by atoms with Gasteiger partial charge in [-0.25, -0.2) is 4.98 Å². The first-order valence-electron chi connectivity index (χ1n) is 6.86. The first-order valence-corrected chi connectivity index (χ1v) is 6.86. The van der Waals surface area contributed by atoms with Crippen molar-refractivity contribution in [2.75, 3.05) is 11.9 Å². The number of hydrogen-bond acceptors (Lipinski definition) is 5. The summed E-state index contributed by atoms with van der Waals surface area (Å²) >= 11 is 0. The van der Waals surface area contributed by atoms with E-state index in [0.717, 1.165) is 12.8 Å². The molecular weight excluding hydrogens is 244 g/mol. The SMILES string of the molecule is CCCn1ccnc(NC2C(N)CC2OCC)c1=O. The molecule has 3 N–H and O–H groups in total. The van der Waals surface area contributed by atoms with Crippen LogP contribution in [0.2, 0.25) is 0 Å². The predicted octanol–water partition coefficient (Wildman–Crippen LogP) is 0.570. The summed E-state index contributed by atoms with van der Waals surface area (Å²) < 4.78 is 7.23. The van der Waals surface area contributed by atoms with Crippen LogP contribution in [-0.4, -0.2) is 34.3 Å². The van der Waals surface area contributed by atoms with Crippen LogP contribution >= 0.6 is 0 Å². The molecule has 0 saturated heterocycles. The minimum Gasteiger partial charge on any atom is -0.376 e. The third-order valence-corrected chi connectivity index (χ3v) is 3.43. The van der Waals surface area contributed by atoms with Gasteiger partial charge in [-0.05, 0) is 19.8 Å². The van der Waals surface area contributed by atoms with E-state index in [9.17, 15) is 4.79 Å². The summed E-state index contributed by atoms with van der Waals surface area (Å²) in [5.74, 6) is 0.362. The normalized spacial score (nSPS) is 25.9. The minimum absolute atomic E-state index is 0.0116. The molecular formula is C13H22N4O2. The summed E-state index contributed by atoms with van der Waals surface area (Å²) in [4.78, 5) is 16.3. The number of ether oxygens (including phenoxy) is 1. The second kappa shape index (κ2) is 6.16. The smallest absolute Gasteiger partial charge is 0.293 e. The fourth-order valence-corrected chi connectivity index (χ4v) is 2.35. The third kappa shape index (κ3) is 2.96. The molecule has 1 aromatic rings. The van der Waals surface area contributed by atoms with E-state index >= 15 is 0 Å². The highest BCUT2D eigenvalue weighted by molar-refractivity contribution is 5.35. The summed E-state index contributed by atoms with van der Waals surface area (Å²) in [5.41, 5.74) is 5.86. The van der Waals surface area contributed by atoms with Gasteiger partial charge >= 0.3 is 0 Å². The zero-order valence-corrected chi connectivity index (χ0v) is 11.5. The summed E-state index contributed by atoms with van der Waals surface area (Å²) in [5, 5.41) is 3.14. The number of nitrogens with two attached hydrogens (primary N) is 1. The van der Waals surface area contributed by atoms with Crippen LogP contribution in [0.4, 0.5) is 5.82 Å². The van der Waals surface area contributed by atoms with Crippen LogP contribution in [0, 0.1) is 0 Å². The Morgan fingerprint density at radius 2 is 2.37 bits per heavy atom. The fraction of sp³-hybridized carbons (Fsp3) is 0.692. The molecule has 1 fully saturated rings. The molecule has 1 heterocycles. The fourth-order valence-electron chi connectivity index (χ4n) is 2.35. The highest BCUT2D eigenvalue weighted by Crippen LogP contribution is 2.24. The van der Waals surface area contributed by atoms with Crippen LogP contribution in [0.1, 0.15) is 26.7 Å². The van der Waals surface area contributed by atoms with Crippen molar-refractivity contribution in [2.24, 2.45) is 5.73 Å². The van der Waals surface area contributed by atoms with Crippen molar-refractivity contribution in [2.45, 2.75) is 51.4 Å². The quantitative estimate of drug-likeness (QED) is 0.786. The number of anilines is 1. The first-order chi connectivity index (χ1) is 9.17. The number of aromatic nitrogens is 2. The summed E-state index contributed by atoms with van der Waals surface area (Å²) in [6, 6.07) is -0.0183. The maximum Gasteiger partial charge on any atom is 0.293 e. The Morgan fingerprint density at radius 1 is 1.58 bits per heavy atom. The molecule has 0 aliphatic heterocycles. The number of hydrogen-bond donors (Lipinski definition) is 2.